The second-order valence-corrected chi connectivity index (χ2v) is 7.34. The number of methoxy groups -OCH3 is 1. The lowest BCUT2D eigenvalue weighted by molar-refractivity contribution is 0.0657. The molecule has 1 saturated heterocycles. The van der Waals surface area contributed by atoms with Gasteiger partial charge in [0, 0.05) is 25.3 Å². The van der Waals surface area contributed by atoms with Gasteiger partial charge in [-0.25, -0.2) is 4.39 Å². The molecule has 4 nitrogen and oxygen atoms in total. The van der Waals surface area contributed by atoms with Gasteiger partial charge in [-0.05, 0) is 69.3 Å². The van der Waals surface area contributed by atoms with Crippen molar-refractivity contribution in [3.05, 3.63) is 40.5 Å². The number of aryl methyl sites for hydroxylation is 3. The molecule has 0 unspecified atom stereocenters. The zero-order valence-corrected chi connectivity index (χ0v) is 16.3. The largest absolute Gasteiger partial charge is 0.383 e. The third kappa shape index (κ3) is 3.99. The minimum atomic E-state index is -0.139. The average Bonchev–Trinajstić information content (AvgIpc) is 2.94. The van der Waals surface area contributed by atoms with Crippen molar-refractivity contribution in [3.8, 4) is 11.1 Å². The van der Waals surface area contributed by atoms with Crippen LogP contribution >= 0.6 is 0 Å². The van der Waals surface area contributed by atoms with Crippen molar-refractivity contribution in [2.24, 2.45) is 0 Å². The Bertz CT molecular complexity index is 712. The van der Waals surface area contributed by atoms with Crippen molar-refractivity contribution in [2.45, 2.75) is 52.5 Å². The lowest BCUT2D eigenvalue weighted by atomic mass is 9.96. The van der Waals surface area contributed by atoms with Gasteiger partial charge >= 0.3 is 0 Å². The van der Waals surface area contributed by atoms with Gasteiger partial charge in [0.15, 0.2) is 0 Å². The van der Waals surface area contributed by atoms with Crippen molar-refractivity contribution >= 4 is 0 Å². The molecule has 1 fully saturated rings. The van der Waals surface area contributed by atoms with Gasteiger partial charge in [0.05, 0.1) is 12.3 Å². The Morgan fingerprint density at radius 3 is 2.73 bits per heavy atom. The van der Waals surface area contributed by atoms with E-state index < -0.39 is 0 Å². The summed E-state index contributed by atoms with van der Waals surface area (Å²) in [4.78, 5) is 2.45. The molecule has 0 saturated carbocycles. The first kappa shape index (κ1) is 19.1. The smallest absolute Gasteiger partial charge is 0.141 e. The normalized spacial score (nSPS) is 18.4. The van der Waals surface area contributed by atoms with Crippen molar-refractivity contribution in [1.82, 2.24) is 10.1 Å². The van der Waals surface area contributed by atoms with Crippen molar-refractivity contribution in [2.75, 3.05) is 26.8 Å². The molecule has 5 heteroatoms. The summed E-state index contributed by atoms with van der Waals surface area (Å²) in [6, 6.07) is 4.13. The highest BCUT2D eigenvalue weighted by Gasteiger charge is 2.23. The van der Waals surface area contributed by atoms with Crippen LogP contribution < -0.4 is 0 Å². The number of halogens is 1. The van der Waals surface area contributed by atoms with Gasteiger partial charge in [-0.15, -0.1) is 0 Å². The Labute approximate surface area is 155 Å². The lowest BCUT2D eigenvalue weighted by Gasteiger charge is -2.35. The van der Waals surface area contributed by atoms with E-state index in [0.29, 0.717) is 6.04 Å². The zero-order valence-electron chi connectivity index (χ0n) is 16.3. The van der Waals surface area contributed by atoms with Crippen molar-refractivity contribution in [1.29, 1.82) is 0 Å². The first-order chi connectivity index (χ1) is 12.5. The second-order valence-electron chi connectivity index (χ2n) is 7.34. The summed E-state index contributed by atoms with van der Waals surface area (Å²) in [6.45, 7) is 8.44. The van der Waals surface area contributed by atoms with Gasteiger partial charge in [-0.1, -0.05) is 17.6 Å². The van der Waals surface area contributed by atoms with Crippen molar-refractivity contribution in [3.63, 3.8) is 0 Å². The number of ether oxygens (including phenoxy) is 1. The number of piperidine rings is 1. The number of rotatable bonds is 6. The van der Waals surface area contributed by atoms with E-state index in [4.69, 9.17) is 9.26 Å². The molecule has 0 bridgehead atoms. The maximum absolute atomic E-state index is 14.9. The zero-order chi connectivity index (χ0) is 18.7. The van der Waals surface area contributed by atoms with Crippen LogP contribution in [0.3, 0.4) is 0 Å². The van der Waals surface area contributed by atoms with Crippen LogP contribution in [0.2, 0.25) is 0 Å². The number of nitrogens with zero attached hydrogens (tertiary/aromatic N) is 2. The van der Waals surface area contributed by atoms with E-state index in [1.807, 2.05) is 26.8 Å². The predicted octanol–water partition coefficient (Wildman–Crippen LogP) is 4.45. The molecule has 0 amide bonds. The molecular formula is C21H29FN2O2. The van der Waals surface area contributed by atoms with Crippen LogP contribution in [0.4, 0.5) is 4.39 Å². The molecular weight excluding hydrogens is 331 g/mol. The van der Waals surface area contributed by atoms with Crippen LogP contribution in [-0.4, -0.2) is 42.9 Å². The topological polar surface area (TPSA) is 38.5 Å². The van der Waals surface area contributed by atoms with Gasteiger partial charge in [-0.2, -0.15) is 0 Å². The molecule has 1 aliphatic rings. The first-order valence-electron chi connectivity index (χ1n) is 9.46. The van der Waals surface area contributed by atoms with Crippen molar-refractivity contribution < 1.29 is 13.7 Å². The number of likely N-dealkylation sites (tertiary alicyclic amines) is 1. The molecule has 1 atom stereocenters. The third-order valence-electron chi connectivity index (χ3n) is 5.50. The molecule has 2 aromatic rings. The Kier molecular flexibility index (Phi) is 6.09. The fourth-order valence-electron chi connectivity index (χ4n) is 4.12. The molecule has 0 radical (unpaired) electrons. The summed E-state index contributed by atoms with van der Waals surface area (Å²) in [5.41, 5.74) is 4.33. The summed E-state index contributed by atoms with van der Waals surface area (Å²) in [6.07, 6.45) is 4.36. The van der Waals surface area contributed by atoms with Crippen LogP contribution in [-0.2, 0) is 11.2 Å². The molecule has 0 spiro atoms. The molecule has 3 rings (SSSR count). The summed E-state index contributed by atoms with van der Waals surface area (Å²) in [5.74, 6) is 0.588. The molecule has 142 valence electrons. The fourth-order valence-corrected chi connectivity index (χ4v) is 4.12. The van der Waals surface area contributed by atoms with E-state index in [1.54, 1.807) is 13.2 Å². The van der Waals surface area contributed by atoms with Crippen LogP contribution in [0, 0.1) is 26.6 Å². The monoisotopic (exact) mass is 360 g/mol. The van der Waals surface area contributed by atoms with Gasteiger partial charge in [0.1, 0.15) is 11.6 Å². The van der Waals surface area contributed by atoms with Gasteiger partial charge < -0.3 is 9.26 Å². The van der Waals surface area contributed by atoms with E-state index in [9.17, 15) is 4.39 Å². The standard InChI is InChI=1S/C21H29FN2O2/c1-14-11-17(21-15(2)23-26-16(21)3)12-20(22)19(14)8-10-24-9-6-5-7-18(24)13-25-4/h11-12,18H,5-10,13H2,1-4H3/t18-/m0/s1. The molecule has 0 aliphatic carbocycles. The van der Waals surface area contributed by atoms with E-state index in [0.717, 1.165) is 59.8 Å². The Morgan fingerprint density at radius 1 is 1.27 bits per heavy atom. The van der Waals surface area contributed by atoms with Crippen LogP contribution in [0.15, 0.2) is 16.7 Å². The van der Waals surface area contributed by atoms with E-state index in [-0.39, 0.29) is 5.82 Å². The molecule has 1 aliphatic heterocycles. The molecule has 1 aromatic carbocycles. The Hall–Kier alpha value is -1.72. The second kappa shape index (κ2) is 8.31. The molecule has 1 aromatic heterocycles. The Balaban J connectivity index is 1.77. The first-order valence-corrected chi connectivity index (χ1v) is 9.46. The summed E-state index contributed by atoms with van der Waals surface area (Å²) < 4.78 is 25.5. The highest BCUT2D eigenvalue weighted by molar-refractivity contribution is 5.69. The maximum Gasteiger partial charge on any atom is 0.141 e. The van der Waals surface area contributed by atoms with Gasteiger partial charge in [0.25, 0.3) is 0 Å². The average molecular weight is 360 g/mol. The number of hydrogen-bond acceptors (Lipinski definition) is 4. The predicted molar refractivity (Wildman–Crippen MR) is 101 cm³/mol. The highest BCUT2D eigenvalue weighted by atomic mass is 19.1. The molecule has 0 N–H and O–H groups in total. The SMILES string of the molecule is COC[C@@H]1CCCCN1CCc1c(C)cc(-c2c(C)noc2C)cc1F. The van der Waals surface area contributed by atoms with Crippen LogP contribution in [0.25, 0.3) is 11.1 Å². The number of aromatic nitrogens is 1. The van der Waals surface area contributed by atoms with Crippen LogP contribution in [0.1, 0.15) is 41.8 Å². The van der Waals surface area contributed by atoms with E-state index in [1.165, 1.54) is 19.3 Å². The van der Waals surface area contributed by atoms with Crippen LogP contribution in [0.5, 0.6) is 0 Å². The highest BCUT2D eigenvalue weighted by Crippen LogP contribution is 2.30. The molecule has 26 heavy (non-hydrogen) atoms. The quantitative estimate of drug-likeness (QED) is 0.763. The third-order valence-corrected chi connectivity index (χ3v) is 5.50. The fraction of sp³-hybridized carbons (Fsp3) is 0.571. The summed E-state index contributed by atoms with van der Waals surface area (Å²) >= 11 is 0. The molecule has 2 heterocycles. The minimum Gasteiger partial charge on any atom is -0.383 e. The van der Waals surface area contributed by atoms with Gasteiger partial charge in [0.2, 0.25) is 0 Å². The van der Waals surface area contributed by atoms with E-state index in [2.05, 4.69) is 10.1 Å². The van der Waals surface area contributed by atoms with Gasteiger partial charge in [-0.3, -0.25) is 4.90 Å². The summed E-state index contributed by atoms with van der Waals surface area (Å²) in [5, 5.41) is 3.98. The van der Waals surface area contributed by atoms with E-state index >= 15 is 0 Å². The number of hydrogen-bond donors (Lipinski definition) is 0. The lowest BCUT2D eigenvalue weighted by Crippen LogP contribution is -2.43. The maximum atomic E-state index is 14.9. The summed E-state index contributed by atoms with van der Waals surface area (Å²) in [7, 11) is 1.75. The minimum absolute atomic E-state index is 0.139. The Morgan fingerprint density at radius 2 is 2.08 bits per heavy atom. The number of benzene rings is 1.